The molecule has 2 aromatic carbocycles. The lowest BCUT2D eigenvalue weighted by atomic mass is 9.98. The molecule has 0 aromatic heterocycles. The van der Waals surface area contributed by atoms with Gasteiger partial charge in [0.25, 0.3) is 0 Å². The molecular weight excluding hydrogens is 260 g/mol. The maximum Gasteiger partial charge on any atom is 0.150 e. The third kappa shape index (κ3) is 3.99. The topological polar surface area (TPSA) is 33.3 Å². The summed E-state index contributed by atoms with van der Waals surface area (Å²) in [4.78, 5) is 0. The zero-order chi connectivity index (χ0) is 14.3. The Morgan fingerprint density at radius 1 is 0.952 bits per heavy atom. The van der Waals surface area contributed by atoms with Crippen molar-refractivity contribution in [2.45, 2.75) is 12.8 Å². The number of para-hydroxylation sites is 3. The molecular formula is C18H22N2O. The van der Waals surface area contributed by atoms with Crippen LogP contribution in [-0.2, 0) is 0 Å². The Kier molecular flexibility index (Phi) is 4.74. The molecule has 0 radical (unpaired) electrons. The van der Waals surface area contributed by atoms with E-state index in [2.05, 4.69) is 16.7 Å². The molecule has 1 fully saturated rings. The molecule has 0 saturated carbocycles. The Balaban J connectivity index is 1.64. The van der Waals surface area contributed by atoms with Crippen LogP contribution in [0.5, 0.6) is 11.5 Å². The van der Waals surface area contributed by atoms with Gasteiger partial charge in [-0.15, -0.1) is 0 Å². The summed E-state index contributed by atoms with van der Waals surface area (Å²) in [6.45, 7) is 3.28. The van der Waals surface area contributed by atoms with Crippen molar-refractivity contribution in [1.29, 1.82) is 0 Å². The molecule has 1 aliphatic heterocycles. The van der Waals surface area contributed by atoms with Gasteiger partial charge in [0.1, 0.15) is 5.75 Å². The van der Waals surface area contributed by atoms with E-state index in [1.165, 1.54) is 12.8 Å². The molecule has 0 bridgehead atoms. The number of hydrogen-bond acceptors (Lipinski definition) is 3. The van der Waals surface area contributed by atoms with Crippen LogP contribution in [-0.4, -0.2) is 19.6 Å². The van der Waals surface area contributed by atoms with Crippen molar-refractivity contribution in [3.05, 3.63) is 54.6 Å². The summed E-state index contributed by atoms with van der Waals surface area (Å²) < 4.78 is 5.97. The highest BCUT2D eigenvalue weighted by atomic mass is 16.5. The number of piperidine rings is 1. The van der Waals surface area contributed by atoms with E-state index < -0.39 is 0 Å². The Labute approximate surface area is 126 Å². The fraction of sp³-hybridized carbons (Fsp3) is 0.333. The van der Waals surface area contributed by atoms with Crippen LogP contribution in [0.3, 0.4) is 0 Å². The van der Waals surface area contributed by atoms with E-state index in [9.17, 15) is 0 Å². The summed E-state index contributed by atoms with van der Waals surface area (Å²) in [6.07, 6.45) is 2.49. The van der Waals surface area contributed by atoms with Crippen LogP contribution in [0, 0.1) is 5.92 Å². The Bertz CT molecular complexity index is 550. The molecule has 110 valence electrons. The highest BCUT2D eigenvalue weighted by molar-refractivity contribution is 5.57. The summed E-state index contributed by atoms with van der Waals surface area (Å²) in [5.74, 6) is 2.50. The first-order chi connectivity index (χ1) is 10.4. The lowest BCUT2D eigenvalue weighted by Gasteiger charge is -2.23. The molecule has 21 heavy (non-hydrogen) atoms. The van der Waals surface area contributed by atoms with Gasteiger partial charge >= 0.3 is 0 Å². The second-order valence-electron chi connectivity index (χ2n) is 5.49. The lowest BCUT2D eigenvalue weighted by Crippen LogP contribution is -2.31. The molecule has 1 saturated heterocycles. The maximum absolute atomic E-state index is 5.97. The zero-order valence-corrected chi connectivity index (χ0v) is 12.2. The van der Waals surface area contributed by atoms with Gasteiger partial charge in [-0.3, -0.25) is 0 Å². The van der Waals surface area contributed by atoms with Gasteiger partial charge in [-0.2, -0.15) is 0 Å². The van der Waals surface area contributed by atoms with Crippen LogP contribution in [0.4, 0.5) is 5.69 Å². The van der Waals surface area contributed by atoms with Gasteiger partial charge in [0.15, 0.2) is 5.75 Å². The average Bonchev–Trinajstić information content (AvgIpc) is 2.56. The molecule has 2 aromatic rings. The van der Waals surface area contributed by atoms with Crippen LogP contribution < -0.4 is 15.4 Å². The minimum absolute atomic E-state index is 0.746. The first kappa shape index (κ1) is 14.0. The minimum Gasteiger partial charge on any atom is -0.455 e. The molecule has 1 heterocycles. The number of benzene rings is 2. The minimum atomic E-state index is 0.746. The Morgan fingerprint density at radius 2 is 1.67 bits per heavy atom. The van der Waals surface area contributed by atoms with Crippen molar-refractivity contribution in [3.8, 4) is 11.5 Å². The second kappa shape index (κ2) is 7.14. The van der Waals surface area contributed by atoms with Crippen molar-refractivity contribution in [2.24, 2.45) is 5.92 Å². The van der Waals surface area contributed by atoms with Crippen molar-refractivity contribution in [2.75, 3.05) is 25.0 Å². The molecule has 1 aliphatic rings. The van der Waals surface area contributed by atoms with Crippen LogP contribution >= 0.6 is 0 Å². The van der Waals surface area contributed by atoms with Gasteiger partial charge in [-0.05, 0) is 56.1 Å². The number of anilines is 1. The first-order valence-electron chi connectivity index (χ1n) is 7.68. The Hall–Kier alpha value is -2.00. The molecule has 0 spiro atoms. The van der Waals surface area contributed by atoms with Gasteiger partial charge in [0, 0.05) is 6.54 Å². The highest BCUT2D eigenvalue weighted by Crippen LogP contribution is 2.29. The van der Waals surface area contributed by atoms with Gasteiger partial charge in [-0.1, -0.05) is 30.3 Å². The van der Waals surface area contributed by atoms with Crippen LogP contribution in [0.15, 0.2) is 54.6 Å². The molecule has 0 atom stereocenters. The molecule has 2 N–H and O–H groups in total. The average molecular weight is 282 g/mol. The zero-order valence-electron chi connectivity index (χ0n) is 12.2. The van der Waals surface area contributed by atoms with E-state index in [-0.39, 0.29) is 0 Å². The third-order valence-electron chi connectivity index (χ3n) is 3.90. The van der Waals surface area contributed by atoms with E-state index in [0.29, 0.717) is 0 Å². The van der Waals surface area contributed by atoms with Crippen LogP contribution in [0.2, 0.25) is 0 Å². The molecule has 3 nitrogen and oxygen atoms in total. The fourth-order valence-corrected chi connectivity index (χ4v) is 2.66. The largest absolute Gasteiger partial charge is 0.455 e. The third-order valence-corrected chi connectivity index (χ3v) is 3.90. The van der Waals surface area contributed by atoms with Crippen molar-refractivity contribution in [1.82, 2.24) is 5.32 Å². The van der Waals surface area contributed by atoms with Crippen molar-refractivity contribution >= 4 is 5.69 Å². The van der Waals surface area contributed by atoms with E-state index in [4.69, 9.17) is 4.74 Å². The number of ether oxygens (including phenoxy) is 1. The SMILES string of the molecule is c1ccc(Oc2ccccc2NCC2CCNCC2)cc1. The molecule has 3 heteroatoms. The fourth-order valence-electron chi connectivity index (χ4n) is 2.66. The molecule has 3 rings (SSSR count). The molecule has 0 amide bonds. The number of nitrogens with one attached hydrogen (secondary N) is 2. The second-order valence-corrected chi connectivity index (χ2v) is 5.49. The van der Waals surface area contributed by atoms with Crippen LogP contribution in [0.1, 0.15) is 12.8 Å². The monoisotopic (exact) mass is 282 g/mol. The lowest BCUT2D eigenvalue weighted by molar-refractivity contribution is 0.389. The summed E-state index contributed by atoms with van der Waals surface area (Å²) in [5, 5.41) is 6.95. The van der Waals surface area contributed by atoms with Gasteiger partial charge in [-0.25, -0.2) is 0 Å². The Morgan fingerprint density at radius 3 is 2.48 bits per heavy atom. The molecule has 0 aliphatic carbocycles. The predicted octanol–water partition coefficient (Wildman–Crippen LogP) is 3.89. The summed E-state index contributed by atoms with van der Waals surface area (Å²) in [5.41, 5.74) is 1.07. The van der Waals surface area contributed by atoms with Gasteiger partial charge < -0.3 is 15.4 Å². The maximum atomic E-state index is 5.97. The smallest absolute Gasteiger partial charge is 0.150 e. The van der Waals surface area contributed by atoms with Gasteiger partial charge in [0.05, 0.1) is 5.69 Å². The summed E-state index contributed by atoms with van der Waals surface area (Å²) in [6, 6.07) is 18.1. The highest BCUT2D eigenvalue weighted by Gasteiger charge is 2.13. The standard InChI is InChI=1S/C18H22N2O/c1-2-6-16(7-3-1)21-18-9-5-4-8-17(18)20-14-15-10-12-19-13-11-15/h1-9,15,19-20H,10-14H2. The van der Waals surface area contributed by atoms with E-state index in [0.717, 1.165) is 42.7 Å². The van der Waals surface area contributed by atoms with E-state index in [1.54, 1.807) is 0 Å². The quantitative estimate of drug-likeness (QED) is 0.873. The van der Waals surface area contributed by atoms with Gasteiger partial charge in [0.2, 0.25) is 0 Å². The van der Waals surface area contributed by atoms with E-state index in [1.807, 2.05) is 48.5 Å². The summed E-state index contributed by atoms with van der Waals surface area (Å²) in [7, 11) is 0. The van der Waals surface area contributed by atoms with E-state index >= 15 is 0 Å². The van der Waals surface area contributed by atoms with Crippen molar-refractivity contribution < 1.29 is 4.74 Å². The normalized spacial score (nSPS) is 15.6. The van der Waals surface area contributed by atoms with Crippen LogP contribution in [0.25, 0.3) is 0 Å². The number of rotatable bonds is 5. The molecule has 0 unspecified atom stereocenters. The predicted molar refractivity (Wildman–Crippen MR) is 87.0 cm³/mol. The first-order valence-corrected chi connectivity index (χ1v) is 7.68. The van der Waals surface area contributed by atoms with Crippen molar-refractivity contribution in [3.63, 3.8) is 0 Å². The summed E-state index contributed by atoms with van der Waals surface area (Å²) >= 11 is 0. The number of hydrogen-bond donors (Lipinski definition) is 2.